The van der Waals surface area contributed by atoms with Gasteiger partial charge in [0.25, 0.3) is 11.8 Å². The summed E-state index contributed by atoms with van der Waals surface area (Å²) in [6.45, 7) is 33.4. The molecule has 32 nitrogen and oxygen atoms in total. The molecule has 32 heteroatoms. The molecule has 1 rings (SSSR count). The van der Waals surface area contributed by atoms with Gasteiger partial charge in [-0.2, -0.15) is 0 Å². The second-order valence-corrected chi connectivity index (χ2v) is 32.3. The van der Waals surface area contributed by atoms with E-state index in [9.17, 15) is 77.6 Å². The first-order valence-electron chi connectivity index (χ1n) is 40.4. The van der Waals surface area contributed by atoms with Crippen LogP contribution in [0, 0.1) is 53.3 Å². The number of amides is 13. The highest BCUT2D eigenvalue weighted by Gasteiger charge is 2.40. The van der Waals surface area contributed by atoms with Crippen LogP contribution < -0.4 is 86.3 Å². The fraction of sp³-hybridized carbons (Fsp3) is 0.738. The highest BCUT2D eigenvalue weighted by atomic mass is 16.3. The standard InChI is InChI=1S/C80H142N16O16/c1-20-50(18)66(96-71(103)57(30-27-37-83)86-72(104)58(38-43(4)5)88-68(100)54(22-3)84-80(112)67(99)51(19)21-2)79(111)95-65(49(16)17)78(110)94-64(48(14)15)76(108)87-56(29-24-26-36-82)70(102)93-63(47(12)13)77(109)91-60(40-45(8)9)73(105)85-55(28-23-25-35-81)69(101)90-61(41-52-31-33-53(98)34-32-52)75(107)89-59(39-44(6)7)74(106)92-62(42-97)46(10)11/h22,31-34,43-51,55-67,97-99H,20-21,23-30,35-42,81-83H2,1-19H3,(H,84,112)(H,85,105)(H,86,104)(H,87,108)(H,88,100)(H,89,107)(H,90,101)(H,91,109)(H,92,106)(H,93,102)(H,94,110)(H,95,111)(H,96,103)/b54-22-/t50-,51-,55-,56+,57+,58-,59-,60+,61+,62+,63-,64-,65-,66-,67-/m0/s1. The fourth-order valence-corrected chi connectivity index (χ4v) is 12.1. The number of carbonyl (C=O) groups excluding carboxylic acids is 13. The lowest BCUT2D eigenvalue weighted by Crippen LogP contribution is -2.62. The highest BCUT2D eigenvalue weighted by Crippen LogP contribution is 2.19. The Labute approximate surface area is 664 Å². The third-order valence-corrected chi connectivity index (χ3v) is 19.6. The van der Waals surface area contributed by atoms with Crippen molar-refractivity contribution in [2.24, 2.45) is 70.5 Å². The van der Waals surface area contributed by atoms with Crippen molar-refractivity contribution in [3.05, 3.63) is 41.6 Å². The predicted molar refractivity (Wildman–Crippen MR) is 431 cm³/mol. The molecule has 0 unspecified atom stereocenters. The van der Waals surface area contributed by atoms with E-state index in [0.29, 0.717) is 44.1 Å². The van der Waals surface area contributed by atoms with Crippen LogP contribution in [-0.4, -0.2) is 197 Å². The maximum absolute atomic E-state index is 14.7. The van der Waals surface area contributed by atoms with Gasteiger partial charge in [-0.3, -0.25) is 62.3 Å². The molecular weight excluding hydrogens is 1440 g/mol. The topological polar surface area (TPSA) is 517 Å². The molecule has 13 amide bonds. The highest BCUT2D eigenvalue weighted by molar-refractivity contribution is 6.02. The number of aromatic hydroxyl groups is 1. The quantitative estimate of drug-likeness (QED) is 0.0327. The summed E-state index contributed by atoms with van der Waals surface area (Å²) >= 11 is 0. The molecule has 0 heterocycles. The Morgan fingerprint density at radius 2 is 0.696 bits per heavy atom. The number of unbranched alkanes of at least 4 members (excludes halogenated alkanes) is 2. The van der Waals surface area contributed by atoms with E-state index in [4.69, 9.17) is 17.2 Å². The molecule has 0 aliphatic heterocycles. The van der Waals surface area contributed by atoms with E-state index >= 15 is 0 Å². The maximum Gasteiger partial charge on any atom is 0.268 e. The maximum atomic E-state index is 14.7. The number of carbonyl (C=O) groups is 13. The van der Waals surface area contributed by atoms with Gasteiger partial charge in [-0.1, -0.05) is 156 Å². The number of allylic oxidation sites excluding steroid dienone is 1. The van der Waals surface area contributed by atoms with Crippen molar-refractivity contribution < 1.29 is 77.6 Å². The van der Waals surface area contributed by atoms with Crippen LogP contribution in [0.1, 0.15) is 221 Å². The number of phenols is 1. The number of aliphatic hydroxyl groups excluding tert-OH is 2. The Morgan fingerprint density at radius 1 is 0.375 bits per heavy atom. The van der Waals surface area contributed by atoms with E-state index in [1.807, 2.05) is 55.4 Å². The molecule has 0 aromatic heterocycles. The number of phenolic OH excluding ortho intramolecular Hbond substituents is 1. The molecule has 0 bridgehead atoms. The minimum Gasteiger partial charge on any atom is -0.508 e. The van der Waals surface area contributed by atoms with Gasteiger partial charge in [-0.25, -0.2) is 0 Å². The molecule has 0 spiro atoms. The number of nitrogens with two attached hydrogens (primary N) is 3. The van der Waals surface area contributed by atoms with Gasteiger partial charge in [0, 0.05) is 6.42 Å². The minimum absolute atomic E-state index is 0.0213. The van der Waals surface area contributed by atoms with Crippen molar-refractivity contribution in [1.82, 2.24) is 69.1 Å². The van der Waals surface area contributed by atoms with Gasteiger partial charge in [0.05, 0.1) is 12.6 Å². The van der Waals surface area contributed by atoms with E-state index in [0.717, 1.165) is 0 Å². The summed E-state index contributed by atoms with van der Waals surface area (Å²) in [5.41, 5.74) is 18.0. The van der Waals surface area contributed by atoms with Crippen LogP contribution in [0.25, 0.3) is 0 Å². The first kappa shape index (κ1) is 102. The molecule has 1 aromatic rings. The number of benzene rings is 1. The fourth-order valence-electron chi connectivity index (χ4n) is 12.1. The smallest absolute Gasteiger partial charge is 0.268 e. The summed E-state index contributed by atoms with van der Waals surface area (Å²) < 4.78 is 0. The second-order valence-electron chi connectivity index (χ2n) is 32.3. The van der Waals surface area contributed by atoms with Crippen molar-refractivity contribution in [3.8, 4) is 5.75 Å². The second kappa shape index (κ2) is 52.9. The molecule has 0 radical (unpaired) electrons. The first-order chi connectivity index (χ1) is 52.6. The number of nitrogens with one attached hydrogen (secondary N) is 13. The third kappa shape index (κ3) is 36.7. The van der Waals surface area contributed by atoms with E-state index < -0.39 is 185 Å². The van der Waals surface area contributed by atoms with Gasteiger partial charge in [-0.15, -0.1) is 0 Å². The summed E-state index contributed by atoms with van der Waals surface area (Å²) in [4.78, 5) is 186. The zero-order valence-corrected chi connectivity index (χ0v) is 70.2. The third-order valence-electron chi connectivity index (χ3n) is 19.6. The lowest BCUT2D eigenvalue weighted by molar-refractivity contribution is -0.137. The molecule has 112 heavy (non-hydrogen) atoms. The summed E-state index contributed by atoms with van der Waals surface area (Å²) in [6.07, 6.45) is 2.98. The van der Waals surface area contributed by atoms with Gasteiger partial charge >= 0.3 is 0 Å². The Hall–Kier alpha value is -8.33. The normalized spacial score (nSPS) is 15.8. The van der Waals surface area contributed by atoms with Gasteiger partial charge in [0.15, 0.2) is 0 Å². The molecule has 638 valence electrons. The van der Waals surface area contributed by atoms with Crippen LogP contribution in [0.15, 0.2) is 36.0 Å². The van der Waals surface area contributed by atoms with Crippen LogP contribution in [0.2, 0.25) is 0 Å². The van der Waals surface area contributed by atoms with Crippen LogP contribution in [-0.2, 0) is 68.7 Å². The van der Waals surface area contributed by atoms with Gasteiger partial charge in [-0.05, 0) is 168 Å². The van der Waals surface area contributed by atoms with E-state index in [-0.39, 0.29) is 113 Å². The van der Waals surface area contributed by atoms with Crippen molar-refractivity contribution >= 4 is 76.8 Å². The summed E-state index contributed by atoms with van der Waals surface area (Å²) in [5.74, 6) is -13.2. The lowest BCUT2D eigenvalue weighted by Gasteiger charge is -2.31. The molecule has 0 fully saturated rings. The molecule has 0 aliphatic rings. The summed E-state index contributed by atoms with van der Waals surface area (Å²) in [6, 6.07) is -8.64. The lowest BCUT2D eigenvalue weighted by atomic mass is 9.95. The van der Waals surface area contributed by atoms with E-state index in [1.165, 1.54) is 25.1 Å². The van der Waals surface area contributed by atoms with Crippen LogP contribution in [0.3, 0.4) is 0 Å². The largest absolute Gasteiger partial charge is 0.508 e. The Kier molecular flexibility index (Phi) is 48.0. The molecule has 1 aromatic carbocycles. The predicted octanol–water partition coefficient (Wildman–Crippen LogP) is 1.98. The van der Waals surface area contributed by atoms with E-state index in [1.54, 1.807) is 81.4 Å². The Balaban J connectivity index is 3.65. The first-order valence-corrected chi connectivity index (χ1v) is 40.4. The van der Waals surface area contributed by atoms with Crippen molar-refractivity contribution in [3.63, 3.8) is 0 Å². The monoisotopic (exact) mass is 1580 g/mol. The van der Waals surface area contributed by atoms with Crippen LogP contribution in [0.4, 0.5) is 0 Å². The van der Waals surface area contributed by atoms with E-state index in [2.05, 4.69) is 69.1 Å². The zero-order chi connectivity index (χ0) is 85.4. The number of hydrogen-bond acceptors (Lipinski definition) is 19. The number of hydrogen-bond donors (Lipinski definition) is 19. The average Bonchev–Trinajstić information content (AvgIpc) is 0.846. The van der Waals surface area contributed by atoms with Crippen molar-refractivity contribution in [1.29, 1.82) is 0 Å². The number of rotatable bonds is 54. The number of aliphatic hydroxyl groups is 2. The Morgan fingerprint density at radius 3 is 1.08 bits per heavy atom. The minimum atomic E-state index is -1.40. The van der Waals surface area contributed by atoms with Gasteiger partial charge in [0.1, 0.15) is 84.0 Å². The summed E-state index contributed by atoms with van der Waals surface area (Å²) in [5, 5.41) is 66.4. The zero-order valence-electron chi connectivity index (χ0n) is 70.2. The molecular formula is C80H142N16O16. The van der Waals surface area contributed by atoms with Crippen LogP contribution >= 0.6 is 0 Å². The SMILES string of the molecule is C/C=C(\NC(=O)[C@@H](O)[C@@H](C)CC)C(=O)N[C@@H](CC(C)C)C(=O)N[C@H](CCCN)C(=O)N[C@H](C(=O)N[C@H](C(=O)N[C@H](C(=O)N[C@H](CCCCN)C(=O)N[C@H](C(=O)N[C@H](CC(C)C)C(=O)N[C@@H](CCCCN)C(=O)N[C@H](Cc1ccc(O)cc1)C(=O)N[C@@H](CC(C)C)C(=O)N[C@H](CO)C(C)C)C(C)C)C(C)C)C(C)C)[C@@H](C)CC. The molecule has 0 saturated carbocycles. The summed E-state index contributed by atoms with van der Waals surface area (Å²) in [7, 11) is 0. The molecule has 22 N–H and O–H groups in total. The van der Waals surface area contributed by atoms with Gasteiger partial charge in [0.2, 0.25) is 65.0 Å². The van der Waals surface area contributed by atoms with Crippen molar-refractivity contribution in [2.75, 3.05) is 26.2 Å². The molecule has 0 aliphatic carbocycles. The van der Waals surface area contributed by atoms with Gasteiger partial charge < -0.3 is 102 Å². The van der Waals surface area contributed by atoms with Crippen LogP contribution in [0.5, 0.6) is 5.75 Å². The molecule has 0 saturated heterocycles. The molecule has 15 atom stereocenters. The van der Waals surface area contributed by atoms with Crippen molar-refractivity contribution in [2.45, 2.75) is 300 Å². The average molecular weight is 1580 g/mol. The Bertz CT molecular complexity index is 3170.